The first-order valence-corrected chi connectivity index (χ1v) is 5.16. The van der Waals surface area contributed by atoms with Gasteiger partial charge in [0.05, 0.1) is 0 Å². The van der Waals surface area contributed by atoms with Crippen molar-refractivity contribution in [1.29, 1.82) is 0 Å². The van der Waals surface area contributed by atoms with Crippen LogP contribution in [0.4, 0.5) is 5.95 Å². The largest absolute Gasteiger partial charge is 0.294 e. The van der Waals surface area contributed by atoms with Crippen molar-refractivity contribution < 1.29 is 4.79 Å². The lowest BCUT2D eigenvalue weighted by Gasteiger charge is -2.04. The normalized spacial score (nSPS) is 22.2. The van der Waals surface area contributed by atoms with E-state index in [-0.39, 0.29) is 23.2 Å². The van der Waals surface area contributed by atoms with Crippen molar-refractivity contribution in [2.75, 3.05) is 5.32 Å². The molecule has 1 aliphatic rings. The SMILES string of the molecule is CC1(C)CC1C(=O)Nc1nccc(Cl)n1. The molecule has 4 nitrogen and oxygen atoms in total. The van der Waals surface area contributed by atoms with Gasteiger partial charge >= 0.3 is 0 Å². The van der Waals surface area contributed by atoms with Crippen molar-refractivity contribution in [3.05, 3.63) is 17.4 Å². The standard InChI is InChI=1S/C10H12ClN3O/c1-10(2)5-6(10)8(15)14-9-12-4-3-7(11)13-9/h3-4,6H,5H2,1-2H3,(H,12,13,14,15). The highest BCUT2D eigenvalue weighted by Gasteiger charge is 2.50. The topological polar surface area (TPSA) is 54.9 Å². The number of anilines is 1. The number of amides is 1. The predicted molar refractivity (Wildman–Crippen MR) is 57.6 cm³/mol. The van der Waals surface area contributed by atoms with Crippen LogP contribution in [0.15, 0.2) is 12.3 Å². The monoisotopic (exact) mass is 225 g/mol. The molecule has 0 aliphatic heterocycles. The van der Waals surface area contributed by atoms with Crippen LogP contribution in [0, 0.1) is 11.3 Å². The van der Waals surface area contributed by atoms with Crippen LogP contribution in [0.2, 0.25) is 5.15 Å². The number of rotatable bonds is 2. The number of aromatic nitrogens is 2. The van der Waals surface area contributed by atoms with Gasteiger partial charge in [-0.2, -0.15) is 0 Å². The minimum atomic E-state index is -0.0257. The van der Waals surface area contributed by atoms with Crippen LogP contribution >= 0.6 is 11.6 Å². The van der Waals surface area contributed by atoms with Crippen molar-refractivity contribution >= 4 is 23.5 Å². The molecule has 1 amide bonds. The third-order valence-corrected chi connectivity index (χ3v) is 2.90. The average Bonchev–Trinajstić information content (AvgIpc) is 2.75. The van der Waals surface area contributed by atoms with Gasteiger partial charge in [-0.1, -0.05) is 25.4 Å². The quantitative estimate of drug-likeness (QED) is 0.785. The van der Waals surface area contributed by atoms with Gasteiger partial charge in [-0.05, 0) is 17.9 Å². The van der Waals surface area contributed by atoms with Gasteiger partial charge in [0.2, 0.25) is 11.9 Å². The third kappa shape index (κ3) is 2.26. The van der Waals surface area contributed by atoms with Crippen molar-refractivity contribution in [2.24, 2.45) is 11.3 Å². The molecule has 15 heavy (non-hydrogen) atoms. The summed E-state index contributed by atoms with van der Waals surface area (Å²) in [5, 5.41) is 2.98. The zero-order valence-electron chi connectivity index (χ0n) is 8.62. The lowest BCUT2D eigenvalue weighted by Crippen LogP contribution is -2.18. The maximum atomic E-state index is 11.7. The van der Waals surface area contributed by atoms with Crippen molar-refractivity contribution in [3.8, 4) is 0 Å². The Morgan fingerprint density at radius 3 is 2.87 bits per heavy atom. The first kappa shape index (κ1) is 10.4. The van der Waals surface area contributed by atoms with Crippen LogP contribution in [0.1, 0.15) is 20.3 Å². The Hall–Kier alpha value is -1.16. The molecule has 1 aromatic heterocycles. The van der Waals surface area contributed by atoms with Gasteiger partial charge < -0.3 is 0 Å². The van der Waals surface area contributed by atoms with Crippen LogP contribution in [0.3, 0.4) is 0 Å². The number of carbonyl (C=O) groups is 1. The molecule has 0 spiro atoms. The molecule has 1 atom stereocenters. The van der Waals surface area contributed by atoms with Crippen LogP contribution in [-0.4, -0.2) is 15.9 Å². The smallest absolute Gasteiger partial charge is 0.230 e. The molecule has 1 aliphatic carbocycles. The summed E-state index contributed by atoms with van der Waals surface area (Å²) in [4.78, 5) is 19.5. The molecule has 5 heteroatoms. The van der Waals surface area contributed by atoms with Crippen LogP contribution in [0.5, 0.6) is 0 Å². The van der Waals surface area contributed by atoms with Crippen LogP contribution in [-0.2, 0) is 4.79 Å². The van der Waals surface area contributed by atoms with Gasteiger partial charge in [0, 0.05) is 12.1 Å². The molecular weight excluding hydrogens is 214 g/mol. The summed E-state index contributed by atoms with van der Waals surface area (Å²) < 4.78 is 0. The summed E-state index contributed by atoms with van der Waals surface area (Å²) in [6.45, 7) is 4.13. The van der Waals surface area contributed by atoms with Crippen molar-refractivity contribution in [1.82, 2.24) is 9.97 Å². The minimum Gasteiger partial charge on any atom is -0.294 e. The number of nitrogens with one attached hydrogen (secondary N) is 1. The summed E-state index contributed by atoms with van der Waals surface area (Å²) in [6.07, 6.45) is 2.43. The maximum Gasteiger partial charge on any atom is 0.230 e. The highest BCUT2D eigenvalue weighted by molar-refractivity contribution is 6.29. The van der Waals surface area contributed by atoms with E-state index in [2.05, 4.69) is 29.1 Å². The minimum absolute atomic E-state index is 0.0257. The zero-order valence-corrected chi connectivity index (χ0v) is 9.38. The molecule has 0 bridgehead atoms. The molecule has 1 saturated carbocycles. The summed E-state index contributed by atoms with van der Waals surface area (Å²) in [5.41, 5.74) is 0.114. The summed E-state index contributed by atoms with van der Waals surface area (Å²) in [5.74, 6) is 0.317. The van der Waals surface area contributed by atoms with Crippen LogP contribution in [0.25, 0.3) is 0 Å². The Kier molecular flexibility index (Phi) is 2.38. The summed E-state index contributed by atoms with van der Waals surface area (Å²) in [6, 6.07) is 1.57. The Morgan fingerprint density at radius 1 is 1.67 bits per heavy atom. The second-order valence-corrected chi connectivity index (χ2v) is 4.82. The molecule has 1 heterocycles. The molecule has 0 saturated heterocycles. The van der Waals surface area contributed by atoms with E-state index in [4.69, 9.17) is 11.6 Å². The second-order valence-electron chi connectivity index (χ2n) is 4.44. The predicted octanol–water partition coefficient (Wildman–Crippen LogP) is 2.11. The number of carbonyl (C=O) groups excluding carboxylic acids is 1. The van der Waals surface area contributed by atoms with Gasteiger partial charge in [0.25, 0.3) is 0 Å². The molecule has 1 aromatic rings. The first-order valence-electron chi connectivity index (χ1n) is 4.78. The molecule has 1 unspecified atom stereocenters. The van der Waals surface area contributed by atoms with Gasteiger partial charge in [0.15, 0.2) is 0 Å². The third-order valence-electron chi connectivity index (χ3n) is 2.69. The number of hydrogen-bond acceptors (Lipinski definition) is 3. The lowest BCUT2D eigenvalue weighted by molar-refractivity contribution is -0.118. The zero-order chi connectivity index (χ0) is 11.1. The fraction of sp³-hybridized carbons (Fsp3) is 0.500. The number of nitrogens with zero attached hydrogens (tertiary/aromatic N) is 2. The molecule has 2 rings (SSSR count). The summed E-state index contributed by atoms with van der Waals surface area (Å²) in [7, 11) is 0. The fourth-order valence-electron chi connectivity index (χ4n) is 1.51. The highest BCUT2D eigenvalue weighted by atomic mass is 35.5. The Labute approximate surface area is 93.1 Å². The summed E-state index contributed by atoms with van der Waals surface area (Å²) >= 11 is 5.68. The molecule has 80 valence electrons. The first-order chi connectivity index (χ1) is 6.99. The van der Waals surface area contributed by atoms with E-state index in [0.717, 1.165) is 6.42 Å². The van der Waals surface area contributed by atoms with E-state index < -0.39 is 0 Å². The molecule has 1 N–H and O–H groups in total. The highest BCUT2D eigenvalue weighted by Crippen LogP contribution is 2.51. The Bertz CT molecular complexity index is 405. The van der Waals surface area contributed by atoms with E-state index in [0.29, 0.717) is 5.15 Å². The molecular formula is C10H12ClN3O. The Morgan fingerprint density at radius 2 is 2.33 bits per heavy atom. The van der Waals surface area contributed by atoms with Gasteiger partial charge in [-0.15, -0.1) is 0 Å². The fourth-order valence-corrected chi connectivity index (χ4v) is 1.65. The van der Waals surface area contributed by atoms with Gasteiger partial charge in [0.1, 0.15) is 5.15 Å². The van der Waals surface area contributed by atoms with Crippen molar-refractivity contribution in [3.63, 3.8) is 0 Å². The maximum absolute atomic E-state index is 11.7. The van der Waals surface area contributed by atoms with Crippen molar-refractivity contribution in [2.45, 2.75) is 20.3 Å². The molecule has 1 fully saturated rings. The van der Waals surface area contributed by atoms with E-state index in [1.165, 1.54) is 6.20 Å². The average molecular weight is 226 g/mol. The molecule has 0 aromatic carbocycles. The number of hydrogen-bond donors (Lipinski definition) is 1. The van der Waals surface area contributed by atoms with Crippen LogP contribution < -0.4 is 5.32 Å². The van der Waals surface area contributed by atoms with E-state index >= 15 is 0 Å². The van der Waals surface area contributed by atoms with Gasteiger partial charge in [-0.25, -0.2) is 9.97 Å². The van der Waals surface area contributed by atoms with Gasteiger partial charge in [-0.3, -0.25) is 10.1 Å². The van der Waals surface area contributed by atoms with E-state index in [1.807, 2.05) is 0 Å². The molecule has 0 radical (unpaired) electrons. The Balaban J connectivity index is 2.01. The van der Waals surface area contributed by atoms with E-state index in [1.54, 1.807) is 6.07 Å². The number of halogens is 1. The van der Waals surface area contributed by atoms with E-state index in [9.17, 15) is 4.79 Å². The lowest BCUT2D eigenvalue weighted by atomic mass is 10.1. The second kappa shape index (κ2) is 3.45.